The number of aromatic nitrogens is 2. The predicted octanol–water partition coefficient (Wildman–Crippen LogP) is 2.46. The molecule has 1 aliphatic rings. The monoisotopic (exact) mass is 298 g/mol. The van der Waals surface area contributed by atoms with Crippen LogP contribution >= 0.6 is 11.6 Å². The summed E-state index contributed by atoms with van der Waals surface area (Å²) in [6.45, 7) is 0. The van der Waals surface area contributed by atoms with Crippen LogP contribution in [0.2, 0.25) is 5.15 Å². The summed E-state index contributed by atoms with van der Waals surface area (Å²) in [6.07, 6.45) is 0.990. The fraction of sp³-hybridized carbons (Fsp3) is 0.250. The van der Waals surface area contributed by atoms with Gasteiger partial charge in [0.25, 0.3) is 5.92 Å². The van der Waals surface area contributed by atoms with Crippen molar-refractivity contribution in [3.05, 3.63) is 23.5 Å². The molecule has 3 rings (SSSR count). The van der Waals surface area contributed by atoms with Crippen molar-refractivity contribution in [2.45, 2.75) is 12.3 Å². The highest BCUT2D eigenvalue weighted by molar-refractivity contribution is 6.30. The number of fused-ring (bicyclic) bond motifs is 1. The number of amides is 1. The molecule has 104 valence electrons. The van der Waals surface area contributed by atoms with E-state index >= 15 is 0 Å². The van der Waals surface area contributed by atoms with Crippen LogP contribution in [0.1, 0.15) is 6.42 Å². The zero-order chi connectivity index (χ0) is 14.5. The van der Waals surface area contributed by atoms with Crippen LogP contribution in [-0.2, 0) is 4.79 Å². The zero-order valence-electron chi connectivity index (χ0n) is 10.0. The smallest absolute Gasteiger partial charge is 0.260 e. The lowest BCUT2D eigenvalue weighted by atomic mass is 10.2. The van der Waals surface area contributed by atoms with E-state index in [2.05, 4.69) is 15.3 Å². The van der Waals surface area contributed by atoms with Gasteiger partial charge in [-0.3, -0.25) is 4.79 Å². The Morgan fingerprint density at radius 2 is 2.20 bits per heavy atom. The number of nitrogens with one attached hydrogen (secondary N) is 1. The number of nitrogens with zero attached hydrogens (tertiary/aromatic N) is 2. The summed E-state index contributed by atoms with van der Waals surface area (Å²) in [5, 5.41) is 3.75. The molecule has 1 fully saturated rings. The quantitative estimate of drug-likeness (QED) is 0.835. The molecule has 1 saturated carbocycles. The molecule has 1 aliphatic carbocycles. The van der Waals surface area contributed by atoms with E-state index in [1.54, 1.807) is 6.07 Å². The van der Waals surface area contributed by atoms with E-state index in [0.29, 0.717) is 10.8 Å². The second-order valence-electron chi connectivity index (χ2n) is 4.63. The van der Waals surface area contributed by atoms with Gasteiger partial charge in [0.15, 0.2) is 0 Å². The van der Waals surface area contributed by atoms with Gasteiger partial charge in [0.1, 0.15) is 22.7 Å². The van der Waals surface area contributed by atoms with Crippen LogP contribution in [0.25, 0.3) is 10.8 Å². The molecule has 2 heterocycles. The number of rotatable bonds is 2. The highest BCUT2D eigenvalue weighted by Gasteiger charge is 2.61. The van der Waals surface area contributed by atoms with Crippen LogP contribution in [0.5, 0.6) is 0 Å². The number of anilines is 2. The van der Waals surface area contributed by atoms with Gasteiger partial charge in [0.05, 0.1) is 0 Å². The molecule has 0 radical (unpaired) electrons. The minimum atomic E-state index is -2.90. The van der Waals surface area contributed by atoms with Crippen molar-refractivity contribution in [3.8, 4) is 0 Å². The van der Waals surface area contributed by atoms with Crippen LogP contribution < -0.4 is 11.1 Å². The molecule has 0 saturated heterocycles. The molecule has 0 aliphatic heterocycles. The summed E-state index contributed by atoms with van der Waals surface area (Å²) < 4.78 is 25.6. The second kappa shape index (κ2) is 4.24. The fourth-order valence-corrected chi connectivity index (χ4v) is 2.13. The maximum absolute atomic E-state index is 12.8. The number of carbonyl (C=O) groups excluding carboxylic acids is 1. The lowest BCUT2D eigenvalue weighted by Gasteiger charge is -2.06. The maximum Gasteiger partial charge on any atom is 0.260 e. The number of hydrogen-bond donors (Lipinski definition) is 2. The van der Waals surface area contributed by atoms with E-state index in [1.165, 1.54) is 12.3 Å². The number of nitrogen functional groups attached to an aromatic ring is 1. The van der Waals surface area contributed by atoms with Crippen LogP contribution in [0.15, 0.2) is 18.3 Å². The molecular weight excluding hydrogens is 290 g/mol. The van der Waals surface area contributed by atoms with E-state index in [9.17, 15) is 13.6 Å². The normalized spacial score (nSPS) is 19.9. The number of nitrogens with two attached hydrogens (primary N) is 1. The molecule has 8 heteroatoms. The number of alkyl halides is 2. The molecule has 20 heavy (non-hydrogen) atoms. The minimum Gasteiger partial charge on any atom is -0.383 e. The van der Waals surface area contributed by atoms with Crippen molar-refractivity contribution >= 4 is 39.9 Å². The average molecular weight is 299 g/mol. The van der Waals surface area contributed by atoms with Crippen LogP contribution in [0.3, 0.4) is 0 Å². The van der Waals surface area contributed by atoms with Gasteiger partial charge in [-0.2, -0.15) is 0 Å². The first-order chi connectivity index (χ1) is 9.37. The lowest BCUT2D eigenvalue weighted by Crippen LogP contribution is -2.18. The summed E-state index contributed by atoms with van der Waals surface area (Å²) in [7, 11) is 0. The molecular formula is C12H9ClF2N4O. The minimum absolute atomic E-state index is 0.173. The third kappa shape index (κ3) is 2.24. The molecule has 0 spiro atoms. The summed E-state index contributed by atoms with van der Waals surface area (Å²) in [4.78, 5) is 19.4. The van der Waals surface area contributed by atoms with E-state index in [0.717, 1.165) is 0 Å². The molecule has 1 amide bonds. The van der Waals surface area contributed by atoms with E-state index in [-0.39, 0.29) is 16.8 Å². The van der Waals surface area contributed by atoms with Crippen molar-refractivity contribution in [1.29, 1.82) is 0 Å². The Labute approximate surface area is 117 Å². The standard InChI is InChI=1S/C12H9ClF2N4O/c13-8-1-5-2-9(17-4-6(5)10(16)18-8)19-11(20)7-3-12(7,14)15/h1-2,4,7H,3H2,(H2,16,18)(H,17,19,20). The van der Waals surface area contributed by atoms with Gasteiger partial charge in [0.2, 0.25) is 5.91 Å². The number of pyridine rings is 2. The Kier molecular flexibility index (Phi) is 2.75. The fourth-order valence-electron chi connectivity index (χ4n) is 1.92. The molecule has 3 N–H and O–H groups in total. The van der Waals surface area contributed by atoms with Gasteiger partial charge in [-0.05, 0) is 17.5 Å². The van der Waals surface area contributed by atoms with Crippen LogP contribution in [0, 0.1) is 5.92 Å². The molecule has 0 bridgehead atoms. The largest absolute Gasteiger partial charge is 0.383 e. The van der Waals surface area contributed by atoms with Crippen molar-refractivity contribution < 1.29 is 13.6 Å². The third-order valence-electron chi connectivity index (χ3n) is 3.11. The van der Waals surface area contributed by atoms with Gasteiger partial charge in [-0.1, -0.05) is 11.6 Å². The predicted molar refractivity (Wildman–Crippen MR) is 70.6 cm³/mol. The van der Waals surface area contributed by atoms with Gasteiger partial charge in [-0.25, -0.2) is 18.7 Å². The molecule has 1 atom stereocenters. The number of carbonyl (C=O) groups is 1. The van der Waals surface area contributed by atoms with E-state index in [4.69, 9.17) is 17.3 Å². The number of halogens is 3. The first-order valence-electron chi connectivity index (χ1n) is 5.77. The van der Waals surface area contributed by atoms with E-state index < -0.39 is 24.2 Å². The SMILES string of the molecule is Nc1nc(Cl)cc2cc(NC(=O)C3CC3(F)F)ncc12. The highest BCUT2D eigenvalue weighted by atomic mass is 35.5. The van der Waals surface area contributed by atoms with Gasteiger partial charge in [-0.15, -0.1) is 0 Å². The summed E-state index contributed by atoms with van der Waals surface area (Å²) >= 11 is 5.78. The molecule has 2 aromatic heterocycles. The molecule has 2 aromatic rings. The van der Waals surface area contributed by atoms with Crippen LogP contribution in [0.4, 0.5) is 20.4 Å². The van der Waals surface area contributed by atoms with Gasteiger partial charge in [0, 0.05) is 18.0 Å². The summed E-state index contributed by atoms with van der Waals surface area (Å²) in [5.41, 5.74) is 5.68. The van der Waals surface area contributed by atoms with Crippen molar-refractivity contribution in [3.63, 3.8) is 0 Å². The van der Waals surface area contributed by atoms with E-state index in [1.807, 2.05) is 0 Å². The molecule has 5 nitrogen and oxygen atoms in total. The maximum atomic E-state index is 12.8. The van der Waals surface area contributed by atoms with Gasteiger partial charge >= 0.3 is 0 Å². The Morgan fingerprint density at radius 3 is 2.85 bits per heavy atom. The Hall–Kier alpha value is -2.02. The number of hydrogen-bond acceptors (Lipinski definition) is 4. The first-order valence-corrected chi connectivity index (χ1v) is 6.15. The molecule has 0 aromatic carbocycles. The molecule has 1 unspecified atom stereocenters. The Bertz CT molecular complexity index is 722. The highest BCUT2D eigenvalue weighted by Crippen LogP contribution is 2.49. The summed E-state index contributed by atoms with van der Waals surface area (Å²) in [5.74, 6) is -4.53. The van der Waals surface area contributed by atoms with Crippen molar-refractivity contribution in [2.75, 3.05) is 11.1 Å². The lowest BCUT2D eigenvalue weighted by molar-refractivity contribution is -0.119. The van der Waals surface area contributed by atoms with Crippen molar-refractivity contribution in [2.24, 2.45) is 5.92 Å². The van der Waals surface area contributed by atoms with Gasteiger partial charge < -0.3 is 11.1 Å². The van der Waals surface area contributed by atoms with Crippen LogP contribution in [-0.4, -0.2) is 21.8 Å². The topological polar surface area (TPSA) is 80.9 Å². The Balaban J connectivity index is 1.88. The average Bonchev–Trinajstić information content (AvgIpc) is 2.98. The summed E-state index contributed by atoms with van der Waals surface area (Å²) in [6, 6.07) is 3.06. The Morgan fingerprint density at radius 1 is 1.50 bits per heavy atom. The first kappa shape index (κ1) is 13.0. The van der Waals surface area contributed by atoms with Crippen molar-refractivity contribution in [1.82, 2.24) is 9.97 Å². The zero-order valence-corrected chi connectivity index (χ0v) is 10.8. The second-order valence-corrected chi connectivity index (χ2v) is 5.02. The third-order valence-corrected chi connectivity index (χ3v) is 3.30.